The van der Waals surface area contributed by atoms with E-state index in [1.165, 1.54) is 5.56 Å². The summed E-state index contributed by atoms with van der Waals surface area (Å²) in [7, 11) is 1.74. The fourth-order valence-corrected chi connectivity index (χ4v) is 2.48. The van der Waals surface area contributed by atoms with Crippen molar-refractivity contribution < 1.29 is 4.74 Å². The van der Waals surface area contributed by atoms with E-state index in [9.17, 15) is 0 Å². The molecule has 114 valence electrons. The number of rotatable bonds is 9. The van der Waals surface area contributed by atoms with E-state index in [-0.39, 0.29) is 6.04 Å². The van der Waals surface area contributed by atoms with Gasteiger partial charge in [0.1, 0.15) is 5.82 Å². The summed E-state index contributed by atoms with van der Waals surface area (Å²) in [6, 6.07) is 4.92. The zero-order valence-corrected chi connectivity index (χ0v) is 13.3. The Morgan fingerprint density at radius 3 is 2.45 bits per heavy atom. The summed E-state index contributed by atoms with van der Waals surface area (Å²) in [6.45, 7) is 8.06. The molecule has 4 nitrogen and oxygen atoms in total. The van der Waals surface area contributed by atoms with Gasteiger partial charge in [0.05, 0.1) is 6.61 Å². The number of nitrogens with zero attached hydrogens (tertiary/aromatic N) is 2. The highest BCUT2D eigenvalue weighted by atomic mass is 16.5. The third-order valence-electron chi connectivity index (χ3n) is 3.58. The van der Waals surface area contributed by atoms with Gasteiger partial charge in [-0.3, -0.25) is 0 Å². The number of anilines is 1. The highest BCUT2D eigenvalue weighted by Crippen LogP contribution is 2.18. The van der Waals surface area contributed by atoms with E-state index in [4.69, 9.17) is 10.5 Å². The second-order valence-corrected chi connectivity index (χ2v) is 5.36. The maximum atomic E-state index is 5.82. The maximum Gasteiger partial charge on any atom is 0.128 e. The van der Waals surface area contributed by atoms with Crippen molar-refractivity contribution in [3.63, 3.8) is 0 Å². The molecule has 0 aliphatic rings. The van der Waals surface area contributed by atoms with Crippen molar-refractivity contribution in [3.05, 3.63) is 23.9 Å². The monoisotopic (exact) mass is 279 g/mol. The van der Waals surface area contributed by atoms with Gasteiger partial charge >= 0.3 is 0 Å². The Morgan fingerprint density at radius 2 is 2.00 bits per heavy atom. The molecular formula is C16H29N3O. The first-order valence-corrected chi connectivity index (χ1v) is 7.58. The van der Waals surface area contributed by atoms with E-state index in [0.29, 0.717) is 6.04 Å². The van der Waals surface area contributed by atoms with Gasteiger partial charge < -0.3 is 15.4 Å². The van der Waals surface area contributed by atoms with Crippen LogP contribution >= 0.6 is 0 Å². The fraction of sp³-hybridized carbons (Fsp3) is 0.688. The highest BCUT2D eigenvalue weighted by molar-refractivity contribution is 5.40. The summed E-state index contributed by atoms with van der Waals surface area (Å²) in [6.07, 6.45) is 5.05. The lowest BCUT2D eigenvalue weighted by molar-refractivity contribution is 0.202. The molecule has 0 radical (unpaired) electrons. The molecule has 0 spiro atoms. The summed E-state index contributed by atoms with van der Waals surface area (Å²) < 4.78 is 5.22. The number of hydrogen-bond acceptors (Lipinski definition) is 4. The molecule has 0 aliphatic heterocycles. The lowest BCUT2D eigenvalue weighted by atomic mass is 10.1. The Kier molecular flexibility index (Phi) is 7.55. The van der Waals surface area contributed by atoms with Crippen molar-refractivity contribution in [2.45, 2.75) is 52.1 Å². The number of aromatic nitrogens is 1. The SMILES string of the molecule is CCC(CC)N(CCOC)c1ccc(CC(C)N)cn1. The van der Waals surface area contributed by atoms with Crippen LogP contribution in [0.2, 0.25) is 0 Å². The predicted molar refractivity (Wildman–Crippen MR) is 85.2 cm³/mol. The molecule has 1 aromatic heterocycles. The van der Waals surface area contributed by atoms with Crippen LogP contribution in [0, 0.1) is 0 Å². The molecule has 1 atom stereocenters. The lowest BCUT2D eigenvalue weighted by Crippen LogP contribution is -2.37. The van der Waals surface area contributed by atoms with Gasteiger partial charge in [-0.15, -0.1) is 0 Å². The molecule has 0 amide bonds. The minimum absolute atomic E-state index is 0.172. The number of hydrogen-bond donors (Lipinski definition) is 1. The van der Waals surface area contributed by atoms with Gasteiger partial charge in [0, 0.05) is 31.9 Å². The highest BCUT2D eigenvalue weighted by Gasteiger charge is 2.16. The maximum absolute atomic E-state index is 5.82. The Morgan fingerprint density at radius 1 is 1.30 bits per heavy atom. The molecule has 1 unspecified atom stereocenters. The van der Waals surface area contributed by atoms with Crippen LogP contribution in [0.3, 0.4) is 0 Å². The molecule has 0 saturated carbocycles. The van der Waals surface area contributed by atoms with E-state index in [0.717, 1.165) is 38.2 Å². The topological polar surface area (TPSA) is 51.4 Å². The first kappa shape index (κ1) is 16.9. The Balaban J connectivity index is 2.84. The van der Waals surface area contributed by atoms with Crippen molar-refractivity contribution in [1.82, 2.24) is 4.98 Å². The van der Waals surface area contributed by atoms with Crippen LogP contribution in [-0.4, -0.2) is 37.3 Å². The molecule has 0 aromatic carbocycles. The molecule has 2 N–H and O–H groups in total. The number of pyridine rings is 1. The Hall–Kier alpha value is -1.13. The van der Waals surface area contributed by atoms with Crippen molar-refractivity contribution in [3.8, 4) is 0 Å². The summed E-state index contributed by atoms with van der Waals surface area (Å²) in [5.74, 6) is 1.03. The van der Waals surface area contributed by atoms with Crippen LogP contribution in [0.15, 0.2) is 18.3 Å². The van der Waals surface area contributed by atoms with Crippen LogP contribution in [0.25, 0.3) is 0 Å². The van der Waals surface area contributed by atoms with Gasteiger partial charge in [-0.25, -0.2) is 4.98 Å². The van der Waals surface area contributed by atoms with Crippen molar-refractivity contribution >= 4 is 5.82 Å². The molecule has 1 heterocycles. The van der Waals surface area contributed by atoms with Gasteiger partial charge in [0.15, 0.2) is 0 Å². The molecule has 0 saturated heterocycles. The smallest absolute Gasteiger partial charge is 0.128 e. The van der Waals surface area contributed by atoms with E-state index < -0.39 is 0 Å². The average Bonchev–Trinajstić information content (AvgIpc) is 2.44. The van der Waals surface area contributed by atoms with Crippen LogP contribution in [0.5, 0.6) is 0 Å². The number of ether oxygens (including phenoxy) is 1. The summed E-state index contributed by atoms with van der Waals surface area (Å²) in [5, 5.41) is 0. The second-order valence-electron chi connectivity index (χ2n) is 5.36. The quantitative estimate of drug-likeness (QED) is 0.755. The molecule has 20 heavy (non-hydrogen) atoms. The average molecular weight is 279 g/mol. The van der Waals surface area contributed by atoms with Crippen LogP contribution < -0.4 is 10.6 Å². The van der Waals surface area contributed by atoms with E-state index in [1.54, 1.807) is 7.11 Å². The standard InChI is InChI=1S/C16H29N3O/c1-5-15(6-2)19(9-10-20-4)16-8-7-14(12-18-16)11-13(3)17/h7-8,12-13,15H,5-6,9-11,17H2,1-4H3. The van der Waals surface area contributed by atoms with E-state index >= 15 is 0 Å². The van der Waals surface area contributed by atoms with Crippen molar-refractivity contribution in [2.75, 3.05) is 25.2 Å². The molecule has 0 bridgehead atoms. The van der Waals surface area contributed by atoms with Crippen LogP contribution in [-0.2, 0) is 11.2 Å². The third-order valence-corrected chi connectivity index (χ3v) is 3.58. The first-order chi connectivity index (χ1) is 9.62. The predicted octanol–water partition coefficient (Wildman–Crippen LogP) is 2.61. The largest absolute Gasteiger partial charge is 0.383 e. The second kappa shape index (κ2) is 8.93. The summed E-state index contributed by atoms with van der Waals surface area (Å²) in [5.41, 5.74) is 7.02. The zero-order chi connectivity index (χ0) is 15.0. The number of methoxy groups -OCH3 is 1. The van der Waals surface area contributed by atoms with Crippen molar-refractivity contribution in [2.24, 2.45) is 5.73 Å². The normalized spacial score (nSPS) is 12.7. The third kappa shape index (κ3) is 5.10. The summed E-state index contributed by atoms with van der Waals surface area (Å²) in [4.78, 5) is 6.96. The molecular weight excluding hydrogens is 250 g/mol. The van der Waals surface area contributed by atoms with Crippen molar-refractivity contribution in [1.29, 1.82) is 0 Å². The van der Waals surface area contributed by atoms with Crippen LogP contribution in [0.1, 0.15) is 39.2 Å². The molecule has 1 rings (SSSR count). The lowest BCUT2D eigenvalue weighted by Gasteiger charge is -2.31. The molecule has 1 aromatic rings. The van der Waals surface area contributed by atoms with Gasteiger partial charge in [-0.1, -0.05) is 19.9 Å². The van der Waals surface area contributed by atoms with Crippen LogP contribution in [0.4, 0.5) is 5.82 Å². The van der Waals surface area contributed by atoms with E-state index in [1.807, 2.05) is 13.1 Å². The minimum atomic E-state index is 0.172. The number of nitrogens with two attached hydrogens (primary N) is 1. The molecule has 4 heteroatoms. The fourth-order valence-electron chi connectivity index (χ4n) is 2.48. The summed E-state index contributed by atoms with van der Waals surface area (Å²) >= 11 is 0. The van der Waals surface area contributed by atoms with Gasteiger partial charge in [0.2, 0.25) is 0 Å². The Bertz CT molecular complexity index is 360. The van der Waals surface area contributed by atoms with Gasteiger partial charge in [-0.2, -0.15) is 0 Å². The first-order valence-electron chi connectivity index (χ1n) is 7.58. The van der Waals surface area contributed by atoms with Gasteiger partial charge in [-0.05, 0) is 37.8 Å². The zero-order valence-electron chi connectivity index (χ0n) is 13.3. The molecule has 0 aliphatic carbocycles. The van der Waals surface area contributed by atoms with E-state index in [2.05, 4.69) is 35.9 Å². The Labute approximate surface area is 123 Å². The molecule has 0 fully saturated rings. The minimum Gasteiger partial charge on any atom is -0.383 e. The van der Waals surface area contributed by atoms with Gasteiger partial charge in [0.25, 0.3) is 0 Å².